The Kier molecular flexibility index (Phi) is 3.55. The van der Waals surface area contributed by atoms with Crippen molar-refractivity contribution in [1.82, 2.24) is 0 Å². The third-order valence-electron chi connectivity index (χ3n) is 4.77. The number of piperidine rings is 1. The molecule has 0 spiro atoms. The first-order chi connectivity index (χ1) is 8.88. The molecule has 0 amide bonds. The molecule has 1 aromatic rings. The highest BCUT2D eigenvalue weighted by Crippen LogP contribution is 2.41. The van der Waals surface area contributed by atoms with E-state index in [4.69, 9.17) is 4.74 Å². The van der Waals surface area contributed by atoms with Gasteiger partial charge in [-0.05, 0) is 36.8 Å². The van der Waals surface area contributed by atoms with Gasteiger partial charge < -0.3 is 9.64 Å². The van der Waals surface area contributed by atoms with E-state index in [0.29, 0.717) is 0 Å². The van der Waals surface area contributed by atoms with Crippen LogP contribution in [0.15, 0.2) is 30.3 Å². The predicted molar refractivity (Wildman–Crippen MR) is 74.7 cm³/mol. The number of ether oxygens (including phenoxy) is 1. The first kappa shape index (κ1) is 12.0. The molecule has 1 aliphatic heterocycles. The molecular weight excluding hydrogens is 222 g/mol. The van der Waals surface area contributed by atoms with Crippen LogP contribution in [-0.2, 0) is 4.74 Å². The fourth-order valence-electron chi connectivity index (χ4n) is 3.43. The van der Waals surface area contributed by atoms with Crippen LogP contribution in [0.3, 0.4) is 0 Å². The lowest BCUT2D eigenvalue weighted by Gasteiger charge is -2.44. The number of anilines is 1. The Labute approximate surface area is 110 Å². The van der Waals surface area contributed by atoms with E-state index in [1.54, 1.807) is 0 Å². The lowest BCUT2D eigenvalue weighted by molar-refractivity contribution is 0.0328. The van der Waals surface area contributed by atoms with E-state index in [9.17, 15) is 0 Å². The summed E-state index contributed by atoms with van der Waals surface area (Å²) in [5.41, 5.74) is 1.30. The predicted octanol–water partition coefficient (Wildman–Crippen LogP) is 3.68. The largest absolute Gasteiger partial charge is 0.362 e. The molecule has 1 aliphatic carbocycles. The number of rotatable bonds is 3. The van der Waals surface area contributed by atoms with Gasteiger partial charge in [-0.15, -0.1) is 0 Å². The molecule has 2 unspecified atom stereocenters. The molecule has 1 saturated carbocycles. The van der Waals surface area contributed by atoms with Crippen molar-refractivity contribution < 1.29 is 4.74 Å². The molecule has 2 aliphatic rings. The van der Waals surface area contributed by atoms with E-state index in [1.807, 2.05) is 7.11 Å². The van der Waals surface area contributed by atoms with Gasteiger partial charge in [0.2, 0.25) is 0 Å². The van der Waals surface area contributed by atoms with Crippen molar-refractivity contribution >= 4 is 5.69 Å². The van der Waals surface area contributed by atoms with Crippen molar-refractivity contribution in [3.63, 3.8) is 0 Å². The van der Waals surface area contributed by atoms with Crippen molar-refractivity contribution in [2.45, 2.75) is 38.3 Å². The van der Waals surface area contributed by atoms with E-state index in [-0.39, 0.29) is 6.23 Å². The second-order valence-electron chi connectivity index (χ2n) is 5.69. The summed E-state index contributed by atoms with van der Waals surface area (Å²) in [5, 5.41) is 0. The summed E-state index contributed by atoms with van der Waals surface area (Å²) < 4.78 is 5.73. The van der Waals surface area contributed by atoms with E-state index >= 15 is 0 Å². The second-order valence-corrected chi connectivity index (χ2v) is 5.69. The lowest BCUT2D eigenvalue weighted by Crippen LogP contribution is -2.46. The number of hydrogen-bond donors (Lipinski definition) is 0. The fourth-order valence-corrected chi connectivity index (χ4v) is 3.43. The van der Waals surface area contributed by atoms with Gasteiger partial charge in [0.05, 0.1) is 0 Å². The quantitative estimate of drug-likeness (QED) is 0.805. The van der Waals surface area contributed by atoms with Gasteiger partial charge in [-0.3, -0.25) is 0 Å². The normalized spacial score (nSPS) is 29.1. The topological polar surface area (TPSA) is 12.5 Å². The molecule has 1 heterocycles. The molecule has 0 bridgehead atoms. The first-order valence-corrected chi connectivity index (χ1v) is 7.23. The molecule has 0 N–H and O–H groups in total. The van der Waals surface area contributed by atoms with Gasteiger partial charge in [0.1, 0.15) is 6.23 Å². The number of methoxy groups -OCH3 is 1. The highest BCUT2D eigenvalue weighted by molar-refractivity contribution is 5.47. The summed E-state index contributed by atoms with van der Waals surface area (Å²) >= 11 is 0. The van der Waals surface area contributed by atoms with Gasteiger partial charge in [-0.1, -0.05) is 37.5 Å². The van der Waals surface area contributed by atoms with Crippen molar-refractivity contribution in [1.29, 1.82) is 0 Å². The van der Waals surface area contributed by atoms with Crippen LogP contribution in [0.5, 0.6) is 0 Å². The van der Waals surface area contributed by atoms with Crippen LogP contribution >= 0.6 is 0 Å². The maximum atomic E-state index is 5.73. The summed E-state index contributed by atoms with van der Waals surface area (Å²) in [7, 11) is 1.85. The Morgan fingerprint density at radius 2 is 1.83 bits per heavy atom. The minimum atomic E-state index is 0.270. The zero-order chi connectivity index (χ0) is 12.4. The van der Waals surface area contributed by atoms with Gasteiger partial charge >= 0.3 is 0 Å². The van der Waals surface area contributed by atoms with Crippen LogP contribution in [-0.4, -0.2) is 19.9 Å². The minimum Gasteiger partial charge on any atom is -0.362 e. The van der Waals surface area contributed by atoms with Crippen LogP contribution in [0.25, 0.3) is 0 Å². The van der Waals surface area contributed by atoms with Crippen LogP contribution < -0.4 is 4.90 Å². The maximum absolute atomic E-state index is 5.73. The average Bonchev–Trinajstić information content (AvgIpc) is 2.37. The van der Waals surface area contributed by atoms with Gasteiger partial charge in [0.15, 0.2) is 0 Å². The van der Waals surface area contributed by atoms with Crippen LogP contribution in [0, 0.1) is 11.8 Å². The SMILES string of the molecule is COC1CC(C2CCC2)CCN1c1ccccc1. The Hall–Kier alpha value is -1.02. The summed E-state index contributed by atoms with van der Waals surface area (Å²) in [4.78, 5) is 2.43. The Balaban J connectivity index is 1.69. The standard InChI is InChI=1S/C16H23NO/c1-18-16-12-14(13-6-5-7-13)10-11-17(16)15-8-3-2-4-9-15/h2-4,8-9,13-14,16H,5-7,10-12H2,1H3. The van der Waals surface area contributed by atoms with Crippen LogP contribution in [0.2, 0.25) is 0 Å². The Bertz CT molecular complexity index is 374. The monoisotopic (exact) mass is 245 g/mol. The number of benzene rings is 1. The van der Waals surface area contributed by atoms with Gasteiger partial charge in [0.25, 0.3) is 0 Å². The molecule has 1 saturated heterocycles. The highest BCUT2D eigenvalue weighted by atomic mass is 16.5. The van der Waals surface area contributed by atoms with E-state index in [1.165, 1.54) is 37.8 Å². The summed E-state index contributed by atoms with van der Waals surface area (Å²) in [5.74, 6) is 1.88. The molecule has 1 aromatic carbocycles. The smallest absolute Gasteiger partial charge is 0.130 e. The summed E-state index contributed by atoms with van der Waals surface area (Å²) in [6.45, 7) is 1.14. The lowest BCUT2D eigenvalue weighted by atomic mass is 9.72. The highest BCUT2D eigenvalue weighted by Gasteiger charge is 2.35. The second kappa shape index (κ2) is 5.31. The van der Waals surface area contributed by atoms with E-state index < -0.39 is 0 Å². The molecule has 98 valence electrons. The van der Waals surface area contributed by atoms with Gasteiger partial charge in [0, 0.05) is 19.3 Å². The molecule has 3 rings (SSSR count). The molecule has 2 heteroatoms. The third kappa shape index (κ3) is 2.26. The van der Waals surface area contributed by atoms with Crippen molar-refractivity contribution in [2.75, 3.05) is 18.6 Å². The average molecular weight is 245 g/mol. The third-order valence-corrected chi connectivity index (χ3v) is 4.77. The zero-order valence-corrected chi connectivity index (χ0v) is 11.2. The molecule has 0 aromatic heterocycles. The zero-order valence-electron chi connectivity index (χ0n) is 11.2. The molecule has 0 radical (unpaired) electrons. The van der Waals surface area contributed by atoms with E-state index in [2.05, 4.69) is 35.2 Å². The van der Waals surface area contributed by atoms with Crippen LogP contribution in [0.4, 0.5) is 5.69 Å². The van der Waals surface area contributed by atoms with Gasteiger partial charge in [-0.25, -0.2) is 0 Å². The maximum Gasteiger partial charge on any atom is 0.130 e. The van der Waals surface area contributed by atoms with Crippen molar-refractivity contribution in [3.05, 3.63) is 30.3 Å². The van der Waals surface area contributed by atoms with Crippen molar-refractivity contribution in [2.24, 2.45) is 11.8 Å². The number of hydrogen-bond acceptors (Lipinski definition) is 2. The number of nitrogens with zero attached hydrogens (tertiary/aromatic N) is 1. The molecule has 18 heavy (non-hydrogen) atoms. The minimum absolute atomic E-state index is 0.270. The number of para-hydroxylation sites is 1. The Morgan fingerprint density at radius 3 is 2.44 bits per heavy atom. The fraction of sp³-hybridized carbons (Fsp3) is 0.625. The summed E-state index contributed by atoms with van der Waals surface area (Å²) in [6, 6.07) is 10.7. The molecule has 2 nitrogen and oxygen atoms in total. The first-order valence-electron chi connectivity index (χ1n) is 7.23. The molecule has 2 fully saturated rings. The van der Waals surface area contributed by atoms with Gasteiger partial charge in [-0.2, -0.15) is 0 Å². The Morgan fingerprint density at radius 1 is 1.06 bits per heavy atom. The van der Waals surface area contributed by atoms with E-state index in [0.717, 1.165) is 18.4 Å². The molecule has 2 atom stereocenters. The molecular formula is C16H23NO. The van der Waals surface area contributed by atoms with Crippen LogP contribution in [0.1, 0.15) is 32.1 Å². The summed E-state index contributed by atoms with van der Waals surface area (Å²) in [6.07, 6.45) is 7.15. The van der Waals surface area contributed by atoms with Crippen molar-refractivity contribution in [3.8, 4) is 0 Å².